The summed E-state index contributed by atoms with van der Waals surface area (Å²) in [6.45, 7) is 13.0. The Morgan fingerprint density at radius 3 is 1.50 bits per heavy atom. The smallest absolute Gasteiger partial charge is 0.430 e. The first-order valence-corrected chi connectivity index (χ1v) is 27.6. The van der Waals surface area contributed by atoms with Gasteiger partial charge in [-0.05, 0) is 123 Å². The molecule has 0 aromatic carbocycles. The topological polar surface area (TPSA) is 164 Å². The maximum Gasteiger partial charge on any atom is 0.430 e. The molecule has 0 spiro atoms. The number of carbonyl (C=O) groups excluding carboxylic acids is 2. The number of quaternary nitrogens is 1. The Balaban J connectivity index is 0. The maximum absolute atomic E-state index is 13.3. The number of carbonyl (C=O) groups is 2. The molecular formula is C54H107F3N6O5. The number of nitrogens with one attached hydrogen (secondary N) is 3. The molecule has 68 heavy (non-hydrogen) atoms. The third kappa shape index (κ3) is 51.8. The van der Waals surface area contributed by atoms with E-state index in [4.69, 9.17) is 30.8 Å². The molecule has 0 heterocycles. The number of amides is 1. The summed E-state index contributed by atoms with van der Waals surface area (Å²) in [6, 6.07) is -0.203. The van der Waals surface area contributed by atoms with E-state index in [9.17, 15) is 18.0 Å². The Labute approximate surface area is 415 Å². The molecule has 0 saturated heterocycles. The number of hydrogen-bond acceptors (Lipinski definition) is 9. The number of ether oxygens (including phenoxy) is 2. The highest BCUT2D eigenvalue weighted by Crippen LogP contribution is 2.14. The van der Waals surface area contributed by atoms with Gasteiger partial charge in [-0.15, -0.1) is 0 Å². The van der Waals surface area contributed by atoms with E-state index in [1.54, 1.807) is 0 Å². The standard InChI is InChI=1S/C52H106N6O3.C2HF3O2/c1-5-7-9-11-13-15-17-19-21-23-25-27-29-31-33-46-60-49-50(61-47-34-32-30-28-26-24-22-20-18-16-14-12-10-8-6-2)48-58(3,4)45-44-57-52(59)51(56-43-37-40-54)38-35-41-55-42-36-39-53;3-2(4,5)1(6)7/h19-22,50-51,55-56H,5-18,23-49,53-54H2,1-4H3;(H,6,7)/b21-19-,22-20-;. The molecule has 7 N–H and O–H groups in total. The fraction of sp³-hybridized carbons (Fsp3) is 0.889. The minimum atomic E-state index is -5.19. The summed E-state index contributed by atoms with van der Waals surface area (Å²) >= 11 is 0. The monoisotopic (exact) mass is 977 g/mol. The van der Waals surface area contributed by atoms with Crippen molar-refractivity contribution in [2.45, 2.75) is 225 Å². The molecule has 2 unspecified atom stereocenters. The van der Waals surface area contributed by atoms with Gasteiger partial charge in [0.25, 0.3) is 0 Å². The molecule has 0 aromatic rings. The van der Waals surface area contributed by atoms with Crippen LogP contribution in [0.3, 0.4) is 0 Å². The number of halogens is 3. The number of carboxylic acids is 1. The number of likely N-dealkylation sites (N-methyl/N-ethyl adjacent to an activating group) is 1. The zero-order chi connectivity index (χ0) is 50.7. The Bertz CT molecular complexity index is 1150. The van der Waals surface area contributed by atoms with Crippen LogP contribution in [-0.4, -0.2) is 121 Å². The van der Waals surface area contributed by atoms with Crippen molar-refractivity contribution in [1.82, 2.24) is 16.0 Å². The summed E-state index contributed by atoms with van der Waals surface area (Å²) in [4.78, 5) is 22.1. The van der Waals surface area contributed by atoms with Crippen LogP contribution >= 0.6 is 0 Å². The number of alkyl halides is 3. The van der Waals surface area contributed by atoms with E-state index in [0.717, 1.165) is 88.9 Å². The van der Waals surface area contributed by atoms with E-state index in [0.29, 0.717) is 26.2 Å². The molecule has 0 rings (SSSR count). The van der Waals surface area contributed by atoms with Crippen LogP contribution in [-0.2, 0) is 19.1 Å². The molecule has 0 aliphatic rings. The lowest BCUT2D eigenvalue weighted by molar-refractivity contribution is -0.892. The predicted molar refractivity (Wildman–Crippen MR) is 277 cm³/mol. The summed E-state index contributed by atoms with van der Waals surface area (Å²) in [6.07, 6.45) is 41.9. The van der Waals surface area contributed by atoms with Crippen molar-refractivity contribution in [1.29, 1.82) is 0 Å². The van der Waals surface area contributed by atoms with E-state index in [-0.39, 0.29) is 18.1 Å². The highest BCUT2D eigenvalue weighted by Gasteiger charge is 2.29. The normalized spacial score (nSPS) is 13.0. The van der Waals surface area contributed by atoms with Crippen molar-refractivity contribution in [2.75, 3.05) is 86.3 Å². The molecule has 0 aliphatic carbocycles. The predicted octanol–water partition coefficient (Wildman–Crippen LogP) is 10.2. The van der Waals surface area contributed by atoms with Crippen LogP contribution in [0.1, 0.15) is 206 Å². The second-order valence-electron chi connectivity index (χ2n) is 19.3. The molecular weight excluding hydrogens is 870 g/mol. The van der Waals surface area contributed by atoms with Gasteiger partial charge in [-0.1, -0.05) is 141 Å². The lowest BCUT2D eigenvalue weighted by Gasteiger charge is -2.33. The van der Waals surface area contributed by atoms with Crippen LogP contribution in [0.25, 0.3) is 0 Å². The molecule has 404 valence electrons. The fourth-order valence-electron chi connectivity index (χ4n) is 7.80. The SMILES string of the molecule is CCCCCCCC/C=C\CCCCCCCOCC(C[N+](C)(C)CCNC(=O)C(CCCNCCCN)NCCCN)OCCCCCCC/C=C\CCCCCCCC.O=C([O-])C(F)(F)F. The van der Waals surface area contributed by atoms with Crippen molar-refractivity contribution < 1.29 is 41.8 Å². The Kier molecular flexibility index (Phi) is 51.3. The first-order chi connectivity index (χ1) is 32.8. The second kappa shape index (κ2) is 51.3. The molecule has 11 nitrogen and oxygen atoms in total. The number of carboxylic acid groups (broad SMARTS) is 1. The van der Waals surface area contributed by atoms with Crippen LogP contribution in [0.4, 0.5) is 13.2 Å². The van der Waals surface area contributed by atoms with Gasteiger partial charge in [0.05, 0.1) is 39.8 Å². The van der Waals surface area contributed by atoms with Crippen LogP contribution in [0.15, 0.2) is 24.3 Å². The first-order valence-electron chi connectivity index (χ1n) is 27.6. The number of hydrogen-bond donors (Lipinski definition) is 5. The quantitative estimate of drug-likeness (QED) is 0.0227. The van der Waals surface area contributed by atoms with Gasteiger partial charge in [0.1, 0.15) is 18.6 Å². The molecule has 0 saturated carbocycles. The molecule has 0 radical (unpaired) electrons. The van der Waals surface area contributed by atoms with Gasteiger partial charge in [0.2, 0.25) is 5.91 Å². The Morgan fingerprint density at radius 1 is 0.603 bits per heavy atom. The first kappa shape index (κ1) is 68.0. The van der Waals surface area contributed by atoms with Crippen LogP contribution in [0.2, 0.25) is 0 Å². The number of unbranched alkanes of at least 4 members (excludes halogenated alkanes) is 22. The van der Waals surface area contributed by atoms with E-state index < -0.39 is 12.1 Å². The third-order valence-corrected chi connectivity index (χ3v) is 12.1. The molecule has 0 fully saturated rings. The van der Waals surface area contributed by atoms with Crippen LogP contribution in [0, 0.1) is 0 Å². The summed E-state index contributed by atoms with van der Waals surface area (Å²) in [5.41, 5.74) is 11.4. The van der Waals surface area contributed by atoms with Crippen molar-refractivity contribution in [3.63, 3.8) is 0 Å². The van der Waals surface area contributed by atoms with Crippen molar-refractivity contribution >= 4 is 11.9 Å². The van der Waals surface area contributed by atoms with E-state index >= 15 is 0 Å². The van der Waals surface area contributed by atoms with Gasteiger partial charge in [-0.25, -0.2) is 0 Å². The van der Waals surface area contributed by atoms with Gasteiger partial charge in [0, 0.05) is 13.2 Å². The van der Waals surface area contributed by atoms with Crippen LogP contribution in [0.5, 0.6) is 0 Å². The minimum absolute atomic E-state index is 0.0445. The van der Waals surface area contributed by atoms with Gasteiger partial charge in [0.15, 0.2) is 0 Å². The molecule has 2 atom stereocenters. The molecule has 0 bridgehead atoms. The third-order valence-electron chi connectivity index (χ3n) is 12.1. The van der Waals surface area contributed by atoms with E-state index in [1.807, 2.05) is 0 Å². The van der Waals surface area contributed by atoms with Crippen molar-refractivity contribution in [3.8, 4) is 0 Å². The largest absolute Gasteiger partial charge is 0.542 e. The zero-order valence-electron chi connectivity index (χ0n) is 44.2. The van der Waals surface area contributed by atoms with Gasteiger partial charge >= 0.3 is 6.18 Å². The van der Waals surface area contributed by atoms with Gasteiger partial charge in [-0.2, -0.15) is 13.2 Å². The number of nitrogens with zero attached hydrogens (tertiary/aromatic N) is 1. The second-order valence-corrected chi connectivity index (χ2v) is 19.3. The average Bonchev–Trinajstić information content (AvgIpc) is 3.30. The lowest BCUT2D eigenvalue weighted by Crippen LogP contribution is -2.52. The van der Waals surface area contributed by atoms with Gasteiger partial charge in [-0.3, -0.25) is 4.79 Å². The summed E-state index contributed by atoms with van der Waals surface area (Å²) in [5, 5.41) is 18.9. The lowest BCUT2D eigenvalue weighted by atomic mass is 10.1. The van der Waals surface area contributed by atoms with E-state index in [1.165, 1.54) is 154 Å². The van der Waals surface area contributed by atoms with Crippen LogP contribution < -0.4 is 32.5 Å². The van der Waals surface area contributed by atoms with Gasteiger partial charge < -0.3 is 51.3 Å². The minimum Gasteiger partial charge on any atom is -0.542 e. The number of rotatable bonds is 50. The number of aliphatic carboxylic acids is 1. The summed E-state index contributed by atoms with van der Waals surface area (Å²) in [5.74, 6) is -2.92. The highest BCUT2D eigenvalue weighted by molar-refractivity contribution is 5.81. The van der Waals surface area contributed by atoms with Crippen molar-refractivity contribution in [2.24, 2.45) is 11.5 Å². The number of nitrogens with two attached hydrogens (primary N) is 2. The molecule has 1 amide bonds. The highest BCUT2D eigenvalue weighted by atomic mass is 19.4. The Hall–Kier alpha value is -2.07. The number of allylic oxidation sites excluding steroid dienone is 4. The fourth-order valence-corrected chi connectivity index (χ4v) is 7.80. The Morgan fingerprint density at radius 2 is 1.03 bits per heavy atom. The summed E-state index contributed by atoms with van der Waals surface area (Å²) in [7, 11) is 4.50. The molecule has 0 aliphatic heterocycles. The molecule has 14 heteroatoms. The van der Waals surface area contributed by atoms with E-state index in [2.05, 4.69) is 68.2 Å². The zero-order valence-corrected chi connectivity index (χ0v) is 44.2. The average molecular weight is 977 g/mol. The molecule has 0 aromatic heterocycles. The maximum atomic E-state index is 13.3. The van der Waals surface area contributed by atoms with Crippen molar-refractivity contribution in [3.05, 3.63) is 24.3 Å². The summed E-state index contributed by atoms with van der Waals surface area (Å²) < 4.78 is 45.1.